The molecule has 2 amide bonds. The maximum Gasteiger partial charge on any atom is 0.270 e. The number of para-hydroxylation sites is 1. The zero-order chi connectivity index (χ0) is 22.7. The van der Waals surface area contributed by atoms with Crippen LogP contribution in [-0.2, 0) is 16.2 Å². The number of rotatable bonds is 5. The minimum atomic E-state index is -0.594. The second-order valence-corrected chi connectivity index (χ2v) is 8.20. The van der Waals surface area contributed by atoms with Crippen molar-refractivity contribution in [3.63, 3.8) is 0 Å². The molecule has 0 atom stereocenters. The van der Waals surface area contributed by atoms with Gasteiger partial charge in [0, 0.05) is 10.0 Å². The van der Waals surface area contributed by atoms with Gasteiger partial charge in [0.2, 0.25) is 0 Å². The summed E-state index contributed by atoms with van der Waals surface area (Å²) in [5.74, 6) is -1.06. The molecule has 1 aliphatic rings. The van der Waals surface area contributed by atoms with E-state index in [1.165, 1.54) is 23.1 Å². The Morgan fingerprint density at radius 2 is 1.81 bits per heavy atom. The lowest BCUT2D eigenvalue weighted by molar-refractivity contribution is -0.122. The van der Waals surface area contributed by atoms with Gasteiger partial charge in [-0.2, -0.15) is 0 Å². The highest BCUT2D eigenvalue weighted by Gasteiger charge is 2.34. The minimum Gasteiger partial charge on any atom is -0.488 e. The molecular formula is C24H16BrFN2O3S. The predicted molar refractivity (Wildman–Crippen MR) is 128 cm³/mol. The zero-order valence-corrected chi connectivity index (χ0v) is 19.0. The number of ether oxygens (including phenoxy) is 1. The summed E-state index contributed by atoms with van der Waals surface area (Å²) in [5, 5.41) is 2.58. The highest BCUT2D eigenvalue weighted by atomic mass is 79.9. The Bertz CT molecular complexity index is 1250. The SMILES string of the molecule is O=C1NC(=S)N(c2ccccc2)C(=O)/C1=C\c1cc(Br)ccc1OCc1cccc(F)c1. The lowest BCUT2D eigenvalue weighted by Gasteiger charge is -2.29. The van der Waals surface area contributed by atoms with Gasteiger partial charge in [0.05, 0.1) is 5.69 Å². The van der Waals surface area contributed by atoms with Crippen LogP contribution in [0.2, 0.25) is 0 Å². The highest BCUT2D eigenvalue weighted by molar-refractivity contribution is 9.10. The van der Waals surface area contributed by atoms with Gasteiger partial charge in [-0.25, -0.2) is 4.39 Å². The van der Waals surface area contributed by atoms with Crippen molar-refractivity contribution >= 4 is 56.8 Å². The normalized spacial score (nSPS) is 15.1. The van der Waals surface area contributed by atoms with Gasteiger partial charge in [-0.3, -0.25) is 19.8 Å². The van der Waals surface area contributed by atoms with Gasteiger partial charge in [-0.15, -0.1) is 0 Å². The first-order chi connectivity index (χ1) is 15.4. The summed E-state index contributed by atoms with van der Waals surface area (Å²) in [4.78, 5) is 27.1. The van der Waals surface area contributed by atoms with Crippen molar-refractivity contribution in [2.45, 2.75) is 6.61 Å². The maximum atomic E-state index is 13.5. The predicted octanol–water partition coefficient (Wildman–Crippen LogP) is 5.00. The van der Waals surface area contributed by atoms with Crippen LogP contribution in [0.4, 0.5) is 10.1 Å². The van der Waals surface area contributed by atoms with E-state index >= 15 is 0 Å². The Balaban J connectivity index is 1.67. The van der Waals surface area contributed by atoms with E-state index in [2.05, 4.69) is 21.2 Å². The van der Waals surface area contributed by atoms with Crippen LogP contribution in [0.3, 0.4) is 0 Å². The number of amides is 2. The summed E-state index contributed by atoms with van der Waals surface area (Å²) >= 11 is 8.62. The van der Waals surface area contributed by atoms with E-state index in [-0.39, 0.29) is 23.1 Å². The molecule has 160 valence electrons. The molecule has 0 aromatic heterocycles. The number of hydrogen-bond acceptors (Lipinski definition) is 4. The summed E-state index contributed by atoms with van der Waals surface area (Å²) in [7, 11) is 0. The van der Waals surface area contributed by atoms with Crippen LogP contribution < -0.4 is 15.0 Å². The molecule has 3 aromatic rings. The van der Waals surface area contributed by atoms with Crippen molar-refractivity contribution < 1.29 is 18.7 Å². The van der Waals surface area contributed by atoms with E-state index < -0.39 is 11.8 Å². The number of benzene rings is 3. The first kappa shape index (κ1) is 21.9. The molecule has 1 heterocycles. The van der Waals surface area contributed by atoms with E-state index in [1.807, 2.05) is 6.07 Å². The standard InChI is InChI=1S/C24H16BrFN2O3S/c25-17-9-10-21(31-14-15-5-4-6-18(26)11-15)16(12-17)13-20-22(29)27-24(32)28(23(20)30)19-7-2-1-3-8-19/h1-13H,14H2,(H,27,29,32)/b20-13-. The van der Waals surface area contributed by atoms with Gasteiger partial charge in [0.25, 0.3) is 11.8 Å². The number of anilines is 1. The molecule has 0 spiro atoms. The fourth-order valence-electron chi connectivity index (χ4n) is 3.18. The highest BCUT2D eigenvalue weighted by Crippen LogP contribution is 2.28. The third kappa shape index (κ3) is 4.76. The number of carbonyl (C=O) groups excluding carboxylic acids is 2. The number of carbonyl (C=O) groups is 2. The number of thiocarbonyl (C=S) groups is 1. The largest absolute Gasteiger partial charge is 0.488 e. The van der Waals surface area contributed by atoms with Crippen LogP contribution in [0.25, 0.3) is 6.08 Å². The van der Waals surface area contributed by atoms with E-state index in [4.69, 9.17) is 17.0 Å². The van der Waals surface area contributed by atoms with Crippen molar-refractivity contribution in [3.8, 4) is 5.75 Å². The van der Waals surface area contributed by atoms with Crippen molar-refractivity contribution in [2.24, 2.45) is 0 Å². The first-order valence-electron chi connectivity index (χ1n) is 9.55. The summed E-state index contributed by atoms with van der Waals surface area (Å²) in [6.07, 6.45) is 1.46. The summed E-state index contributed by atoms with van der Waals surface area (Å²) in [6, 6.07) is 20.1. The molecular weight excluding hydrogens is 495 g/mol. The molecule has 8 heteroatoms. The van der Waals surface area contributed by atoms with Gasteiger partial charge in [0.1, 0.15) is 23.7 Å². The van der Waals surface area contributed by atoms with Gasteiger partial charge in [0.15, 0.2) is 5.11 Å². The topological polar surface area (TPSA) is 58.6 Å². The summed E-state index contributed by atoms with van der Waals surface area (Å²) in [6.45, 7) is 0.121. The van der Waals surface area contributed by atoms with E-state index in [9.17, 15) is 14.0 Å². The van der Waals surface area contributed by atoms with Crippen LogP contribution in [-0.4, -0.2) is 16.9 Å². The Kier molecular flexibility index (Phi) is 6.43. The molecule has 1 aliphatic heterocycles. The second kappa shape index (κ2) is 9.42. The molecule has 1 N–H and O–H groups in total. The number of nitrogens with zero attached hydrogens (tertiary/aromatic N) is 1. The molecule has 1 fully saturated rings. The van der Waals surface area contributed by atoms with Crippen LogP contribution in [0.1, 0.15) is 11.1 Å². The molecule has 0 bridgehead atoms. The number of hydrogen-bond donors (Lipinski definition) is 1. The lowest BCUT2D eigenvalue weighted by Crippen LogP contribution is -2.54. The Labute approximate surface area is 197 Å². The maximum absolute atomic E-state index is 13.5. The van der Waals surface area contributed by atoms with Gasteiger partial charge < -0.3 is 4.74 Å². The molecule has 1 saturated heterocycles. The molecule has 4 rings (SSSR count). The summed E-state index contributed by atoms with van der Waals surface area (Å²) in [5.41, 5.74) is 1.62. The molecule has 0 aliphatic carbocycles. The number of halogens is 2. The van der Waals surface area contributed by atoms with E-state index in [0.29, 0.717) is 22.6 Å². The zero-order valence-electron chi connectivity index (χ0n) is 16.5. The van der Waals surface area contributed by atoms with Crippen LogP contribution in [0, 0.1) is 5.82 Å². The first-order valence-corrected chi connectivity index (χ1v) is 10.8. The molecule has 0 radical (unpaired) electrons. The van der Waals surface area contributed by atoms with Crippen molar-refractivity contribution in [2.75, 3.05) is 4.90 Å². The monoisotopic (exact) mass is 510 g/mol. The second-order valence-electron chi connectivity index (χ2n) is 6.89. The minimum absolute atomic E-state index is 0.0140. The van der Waals surface area contributed by atoms with E-state index in [1.54, 1.807) is 54.6 Å². The van der Waals surface area contributed by atoms with Crippen LogP contribution >= 0.6 is 28.1 Å². The Morgan fingerprint density at radius 1 is 1.03 bits per heavy atom. The number of nitrogens with one attached hydrogen (secondary N) is 1. The average Bonchev–Trinajstić information content (AvgIpc) is 2.77. The van der Waals surface area contributed by atoms with Crippen LogP contribution in [0.5, 0.6) is 5.75 Å². The third-order valence-corrected chi connectivity index (χ3v) is 5.45. The van der Waals surface area contributed by atoms with Gasteiger partial charge >= 0.3 is 0 Å². The quantitative estimate of drug-likeness (QED) is 0.298. The molecule has 3 aromatic carbocycles. The third-order valence-electron chi connectivity index (χ3n) is 4.67. The van der Waals surface area contributed by atoms with Crippen molar-refractivity contribution in [1.82, 2.24) is 5.32 Å². The molecule has 5 nitrogen and oxygen atoms in total. The Hall–Kier alpha value is -3.36. The fraction of sp³-hybridized carbons (Fsp3) is 0.0417. The molecule has 32 heavy (non-hydrogen) atoms. The average molecular weight is 511 g/mol. The fourth-order valence-corrected chi connectivity index (χ4v) is 3.84. The Morgan fingerprint density at radius 3 is 2.56 bits per heavy atom. The van der Waals surface area contributed by atoms with Gasteiger partial charge in [-0.05, 0) is 66.3 Å². The van der Waals surface area contributed by atoms with Gasteiger partial charge in [-0.1, -0.05) is 46.3 Å². The molecule has 0 saturated carbocycles. The van der Waals surface area contributed by atoms with Crippen molar-refractivity contribution in [3.05, 3.63) is 99.8 Å². The summed E-state index contributed by atoms with van der Waals surface area (Å²) < 4.78 is 20.1. The van der Waals surface area contributed by atoms with Crippen LogP contribution in [0.15, 0.2) is 82.8 Å². The van der Waals surface area contributed by atoms with Crippen molar-refractivity contribution in [1.29, 1.82) is 0 Å². The smallest absolute Gasteiger partial charge is 0.270 e. The lowest BCUT2D eigenvalue weighted by atomic mass is 10.1. The molecule has 0 unspecified atom stereocenters. The van der Waals surface area contributed by atoms with E-state index in [0.717, 1.165) is 4.47 Å².